The molecule has 15 nitrogen and oxygen atoms in total. The van der Waals surface area contributed by atoms with E-state index in [2.05, 4.69) is 36.5 Å². The highest BCUT2D eigenvalue weighted by atomic mass is 16.8. The van der Waals surface area contributed by atoms with Crippen molar-refractivity contribution in [2.24, 2.45) is 0 Å². The number of aliphatic hydroxyl groups is 5. The van der Waals surface area contributed by atoms with Crippen molar-refractivity contribution in [2.45, 2.75) is 139 Å². The van der Waals surface area contributed by atoms with Crippen LogP contribution in [0, 0.1) is 0 Å². The zero-order chi connectivity index (χ0) is 37.6. The largest absolute Gasteiger partial charge is 0.481 e. The van der Waals surface area contributed by atoms with Crippen molar-refractivity contribution in [2.75, 3.05) is 19.8 Å². The van der Waals surface area contributed by atoms with Gasteiger partial charge in [-0.05, 0) is 51.4 Å². The van der Waals surface area contributed by atoms with Crippen LogP contribution >= 0.6 is 0 Å². The van der Waals surface area contributed by atoms with Gasteiger partial charge in [0, 0.05) is 26.9 Å². The van der Waals surface area contributed by atoms with Crippen molar-refractivity contribution < 1.29 is 73.4 Å². The third kappa shape index (κ3) is 17.4. The van der Waals surface area contributed by atoms with Gasteiger partial charge in [-0.1, -0.05) is 55.0 Å². The quantitative estimate of drug-likeness (QED) is 0.0502. The van der Waals surface area contributed by atoms with E-state index in [1.54, 1.807) is 0 Å². The van der Waals surface area contributed by atoms with E-state index in [0.717, 1.165) is 51.9 Å². The molecule has 2 saturated heterocycles. The number of ether oxygens (including phenoxy) is 6. The summed E-state index contributed by atoms with van der Waals surface area (Å²) in [5, 5.41) is 61.5. The monoisotopic (exact) mass is 728 g/mol. The van der Waals surface area contributed by atoms with Crippen LogP contribution in [-0.2, 0) is 42.8 Å². The average molecular weight is 729 g/mol. The van der Waals surface area contributed by atoms with Crippen molar-refractivity contribution in [1.29, 1.82) is 0 Å². The first-order valence-electron chi connectivity index (χ1n) is 17.5. The minimum atomic E-state index is -1.78. The topological polar surface area (TPSA) is 228 Å². The first kappa shape index (κ1) is 44.2. The predicted octanol–water partition coefficient (Wildman–Crippen LogP) is 1.98. The number of hydrogen-bond donors (Lipinski definition) is 6. The van der Waals surface area contributed by atoms with Crippen LogP contribution in [0.1, 0.15) is 78.1 Å². The van der Waals surface area contributed by atoms with E-state index in [0.29, 0.717) is 12.8 Å². The van der Waals surface area contributed by atoms with Crippen LogP contribution in [0.5, 0.6) is 0 Å². The van der Waals surface area contributed by atoms with E-state index in [1.165, 1.54) is 6.92 Å². The molecule has 15 heteroatoms. The van der Waals surface area contributed by atoms with Gasteiger partial charge in [0.25, 0.3) is 0 Å². The molecule has 0 aromatic rings. The molecule has 2 rings (SSSR count). The third-order valence-corrected chi connectivity index (χ3v) is 8.05. The van der Waals surface area contributed by atoms with Crippen LogP contribution in [0.15, 0.2) is 48.6 Å². The minimum Gasteiger partial charge on any atom is -0.481 e. The molecule has 2 aliphatic rings. The molecule has 0 aliphatic carbocycles. The van der Waals surface area contributed by atoms with E-state index >= 15 is 0 Å². The van der Waals surface area contributed by atoms with Gasteiger partial charge in [-0.2, -0.15) is 0 Å². The van der Waals surface area contributed by atoms with Gasteiger partial charge in [-0.25, -0.2) is 0 Å². The predicted molar refractivity (Wildman–Crippen MR) is 182 cm³/mol. The lowest BCUT2D eigenvalue weighted by Crippen LogP contribution is -2.64. The van der Waals surface area contributed by atoms with Crippen molar-refractivity contribution in [3.05, 3.63) is 48.6 Å². The number of carbonyl (C=O) groups is 3. The van der Waals surface area contributed by atoms with Crippen molar-refractivity contribution in [3.8, 4) is 0 Å². The third-order valence-electron chi connectivity index (χ3n) is 8.05. The van der Waals surface area contributed by atoms with Gasteiger partial charge in [0.2, 0.25) is 0 Å². The molecule has 6 N–H and O–H groups in total. The number of unbranched alkanes of at least 4 members (excludes halogenated alkanes) is 4. The lowest BCUT2D eigenvalue weighted by Gasteiger charge is -2.46. The Morgan fingerprint density at radius 3 is 1.61 bits per heavy atom. The molecule has 0 saturated carbocycles. The fourth-order valence-electron chi connectivity index (χ4n) is 5.20. The summed E-state index contributed by atoms with van der Waals surface area (Å²) in [6, 6.07) is 0. The van der Waals surface area contributed by atoms with Crippen molar-refractivity contribution >= 4 is 17.9 Å². The summed E-state index contributed by atoms with van der Waals surface area (Å²) in [7, 11) is 0. The summed E-state index contributed by atoms with van der Waals surface area (Å²) in [6.45, 7) is 1.70. The Kier molecular flexibility index (Phi) is 21.7. The summed E-state index contributed by atoms with van der Waals surface area (Å²) in [5.41, 5.74) is 0. The fourth-order valence-corrected chi connectivity index (χ4v) is 5.20. The number of hydrogen-bond acceptors (Lipinski definition) is 14. The van der Waals surface area contributed by atoms with Crippen LogP contribution in [0.4, 0.5) is 0 Å². The fraction of sp³-hybridized carbons (Fsp3) is 0.694. The molecule has 0 radical (unpaired) electrons. The van der Waals surface area contributed by atoms with E-state index in [4.69, 9.17) is 33.5 Å². The highest BCUT2D eigenvalue weighted by Gasteiger charge is 2.51. The van der Waals surface area contributed by atoms with E-state index in [9.17, 15) is 39.9 Å². The molecule has 0 aromatic heterocycles. The van der Waals surface area contributed by atoms with Crippen molar-refractivity contribution in [3.63, 3.8) is 0 Å². The Labute approximate surface area is 299 Å². The van der Waals surface area contributed by atoms with Crippen LogP contribution in [0.3, 0.4) is 0 Å². The number of aliphatic hydroxyl groups excluding tert-OH is 5. The Hall–Kier alpha value is -2.99. The molecular weight excluding hydrogens is 672 g/mol. The summed E-state index contributed by atoms with van der Waals surface area (Å²) >= 11 is 0. The minimum absolute atomic E-state index is 0.179. The number of carbonyl (C=O) groups excluding carboxylic acids is 2. The maximum atomic E-state index is 11.4. The molecule has 0 amide bonds. The molecule has 0 unspecified atom stereocenters. The number of esters is 2. The number of aliphatic carboxylic acids is 1. The Morgan fingerprint density at radius 2 is 1.08 bits per heavy atom. The molecule has 51 heavy (non-hydrogen) atoms. The SMILES string of the molecule is CC(=O)OC[C@H]1O[C@@H](O[C@H]2[C@H](OCCCCC/C=C\C/C=C\C/C=C\C/C=C\CCCC(=O)O)O[C@H](COC(C)=O)[C@@H](O)[C@@H]2O)[C@H](O)[C@@H](O)[C@@H]1O. The van der Waals surface area contributed by atoms with Gasteiger partial charge < -0.3 is 59.1 Å². The highest BCUT2D eigenvalue weighted by molar-refractivity contribution is 5.66. The molecule has 0 aromatic carbocycles. The van der Waals surface area contributed by atoms with Crippen LogP contribution in [0.25, 0.3) is 0 Å². The number of rotatable bonds is 23. The normalized spacial score (nSPS) is 30.1. The lowest BCUT2D eigenvalue weighted by molar-refractivity contribution is -0.367. The maximum absolute atomic E-state index is 11.4. The molecule has 290 valence electrons. The molecule has 2 heterocycles. The summed E-state index contributed by atoms with van der Waals surface area (Å²) in [4.78, 5) is 33.1. The van der Waals surface area contributed by atoms with E-state index in [1.807, 2.05) is 12.2 Å². The summed E-state index contributed by atoms with van der Waals surface area (Å²) in [6.07, 6.45) is 8.74. The standard InChI is InChI=1S/C36H56O15/c1-24(37)47-22-26-29(41)31(43)33(45)35(49-26)51-34-32(44)30(42)27(23-48-25(2)38)50-36(34)46-21-19-17-15-13-11-9-7-5-3-4-6-8-10-12-14-16-18-20-28(39)40/h3,5-6,8-9,11-12,14,26-27,29-36,41-45H,4,7,10,13,15-23H2,1-2H3,(H,39,40)/b5-3-,8-6-,11-9-,14-12-/t26-,27-,29-,30-,31+,32+,33-,34-,35+,36-/m1/s1. The summed E-state index contributed by atoms with van der Waals surface area (Å²) in [5.74, 6) is -2.04. The van der Waals surface area contributed by atoms with Crippen LogP contribution in [-0.4, -0.2) is 130 Å². The summed E-state index contributed by atoms with van der Waals surface area (Å²) < 4.78 is 32.9. The van der Waals surface area contributed by atoms with Gasteiger partial charge >= 0.3 is 17.9 Å². The second kappa shape index (κ2) is 25.1. The molecule has 0 spiro atoms. The van der Waals surface area contributed by atoms with Gasteiger partial charge in [0.05, 0.1) is 0 Å². The Morgan fingerprint density at radius 1 is 0.588 bits per heavy atom. The Bertz CT molecular complexity index is 1140. The van der Waals surface area contributed by atoms with Crippen molar-refractivity contribution in [1.82, 2.24) is 0 Å². The second-order valence-corrected chi connectivity index (χ2v) is 12.3. The molecular formula is C36H56O15. The maximum Gasteiger partial charge on any atom is 0.303 e. The zero-order valence-electron chi connectivity index (χ0n) is 29.4. The van der Waals surface area contributed by atoms with Gasteiger partial charge in [0.1, 0.15) is 62.0 Å². The van der Waals surface area contributed by atoms with E-state index < -0.39 is 85.9 Å². The average Bonchev–Trinajstić information content (AvgIpc) is 3.08. The van der Waals surface area contributed by atoms with Crippen LogP contribution < -0.4 is 0 Å². The lowest BCUT2D eigenvalue weighted by atomic mass is 9.97. The zero-order valence-corrected chi connectivity index (χ0v) is 29.4. The molecule has 2 fully saturated rings. The van der Waals surface area contributed by atoms with Gasteiger partial charge in [0.15, 0.2) is 12.6 Å². The van der Waals surface area contributed by atoms with E-state index in [-0.39, 0.29) is 19.6 Å². The number of carboxylic acids is 1. The Balaban J connectivity index is 1.79. The van der Waals surface area contributed by atoms with Gasteiger partial charge in [-0.3, -0.25) is 14.4 Å². The highest BCUT2D eigenvalue weighted by Crippen LogP contribution is 2.30. The smallest absolute Gasteiger partial charge is 0.303 e. The number of carboxylic acid groups (broad SMARTS) is 1. The van der Waals surface area contributed by atoms with Crippen LogP contribution in [0.2, 0.25) is 0 Å². The number of allylic oxidation sites excluding steroid dienone is 8. The molecule has 10 atom stereocenters. The molecule has 2 aliphatic heterocycles. The molecule has 0 bridgehead atoms. The van der Waals surface area contributed by atoms with Gasteiger partial charge in [-0.15, -0.1) is 0 Å². The second-order valence-electron chi connectivity index (χ2n) is 12.3. The first-order chi connectivity index (χ1) is 24.4. The first-order valence-corrected chi connectivity index (χ1v) is 17.5.